The Morgan fingerprint density at radius 2 is 1.52 bits per heavy atom. The number of benzene rings is 4. The molecule has 1 N–H and O–H groups in total. The third kappa shape index (κ3) is 7.77. The van der Waals surface area contributed by atoms with Crippen LogP contribution in [0.15, 0.2) is 103 Å². The highest BCUT2D eigenvalue weighted by Crippen LogP contribution is 2.33. The van der Waals surface area contributed by atoms with Crippen LogP contribution >= 0.6 is 0 Å². The number of hydrogen-bond acceptors (Lipinski definition) is 5. The maximum absolute atomic E-state index is 13.3. The quantitative estimate of drug-likeness (QED) is 0.179. The Balaban J connectivity index is 1.21. The van der Waals surface area contributed by atoms with Gasteiger partial charge in [0.2, 0.25) is 0 Å². The molecule has 46 heavy (non-hydrogen) atoms. The topological polar surface area (TPSA) is 61.9 Å². The van der Waals surface area contributed by atoms with Gasteiger partial charge in [0.05, 0.1) is 12.2 Å². The standard InChI is InChI=1S/C37H38F3N3O3/c1-3-25-46-36(45)34(27-9-5-4-6-10-27)43-23-21-31(22-24-43)42(2)30-19-17-29(18-20-30)41-35(44)33-12-8-7-11-32(33)26-13-15-28(16-14-26)37(38,39)40/h4-20,31,34H,3,21-25H2,1-2H3,(H,41,44). The molecule has 0 spiro atoms. The SMILES string of the molecule is CCCOC(=O)C(c1ccccc1)N1CCC(N(C)c2ccc(NC(=O)c3ccccc3-c3ccc(C(F)(F)F)cc3)cc2)CC1. The number of nitrogens with zero attached hydrogens (tertiary/aromatic N) is 2. The van der Waals surface area contributed by atoms with Gasteiger partial charge in [0.25, 0.3) is 5.91 Å². The van der Waals surface area contributed by atoms with E-state index >= 15 is 0 Å². The largest absolute Gasteiger partial charge is 0.464 e. The first-order valence-corrected chi connectivity index (χ1v) is 15.5. The van der Waals surface area contributed by atoms with Crippen LogP contribution in [0.1, 0.15) is 53.7 Å². The van der Waals surface area contributed by atoms with Crippen LogP contribution in [0.2, 0.25) is 0 Å². The number of piperidine rings is 1. The third-order valence-corrected chi connectivity index (χ3v) is 8.43. The lowest BCUT2D eigenvalue weighted by Gasteiger charge is -2.40. The molecule has 0 radical (unpaired) electrons. The van der Waals surface area contributed by atoms with Crippen molar-refractivity contribution in [1.29, 1.82) is 0 Å². The molecule has 1 atom stereocenters. The first kappa shape index (κ1) is 32.8. The van der Waals surface area contributed by atoms with Gasteiger partial charge in [-0.3, -0.25) is 9.69 Å². The molecule has 6 nitrogen and oxygen atoms in total. The van der Waals surface area contributed by atoms with Gasteiger partial charge in [0.15, 0.2) is 0 Å². The summed E-state index contributed by atoms with van der Waals surface area (Å²) in [4.78, 5) is 30.7. The first-order valence-electron chi connectivity index (χ1n) is 15.5. The molecule has 1 aliphatic rings. The monoisotopic (exact) mass is 629 g/mol. The number of anilines is 2. The molecule has 5 rings (SSSR count). The predicted molar refractivity (Wildman–Crippen MR) is 175 cm³/mol. The molecule has 0 aromatic heterocycles. The molecule has 1 saturated heterocycles. The summed E-state index contributed by atoms with van der Waals surface area (Å²) in [5, 5.41) is 2.92. The molecule has 1 amide bonds. The Labute approximate surface area is 267 Å². The lowest BCUT2D eigenvalue weighted by Crippen LogP contribution is -2.46. The van der Waals surface area contributed by atoms with Crippen molar-refractivity contribution < 1.29 is 27.5 Å². The van der Waals surface area contributed by atoms with Crippen LogP contribution in [0, 0.1) is 0 Å². The molecule has 1 aliphatic heterocycles. The lowest BCUT2D eigenvalue weighted by molar-refractivity contribution is -0.151. The Bertz CT molecular complexity index is 1600. The van der Waals surface area contributed by atoms with E-state index in [-0.39, 0.29) is 17.9 Å². The highest BCUT2D eigenvalue weighted by atomic mass is 19.4. The second kappa shape index (κ2) is 14.6. The molecular formula is C37H38F3N3O3. The van der Waals surface area contributed by atoms with Crippen LogP contribution in [-0.2, 0) is 15.7 Å². The minimum atomic E-state index is -4.43. The molecule has 0 saturated carbocycles. The number of halogens is 3. The highest BCUT2D eigenvalue weighted by Gasteiger charge is 2.33. The predicted octanol–water partition coefficient (Wildman–Crippen LogP) is 8.22. The molecule has 1 unspecified atom stereocenters. The van der Waals surface area contributed by atoms with E-state index < -0.39 is 17.8 Å². The van der Waals surface area contributed by atoms with Crippen molar-refractivity contribution in [3.05, 3.63) is 120 Å². The summed E-state index contributed by atoms with van der Waals surface area (Å²) in [6.45, 7) is 3.90. The zero-order chi connectivity index (χ0) is 32.7. The molecule has 4 aromatic rings. The number of hydrogen-bond donors (Lipinski definition) is 1. The molecule has 1 fully saturated rings. The number of alkyl halides is 3. The lowest BCUT2D eigenvalue weighted by atomic mass is 9.98. The van der Waals surface area contributed by atoms with Crippen molar-refractivity contribution in [1.82, 2.24) is 4.90 Å². The van der Waals surface area contributed by atoms with Crippen LogP contribution in [0.25, 0.3) is 11.1 Å². The number of nitrogens with one attached hydrogen (secondary N) is 1. The Morgan fingerprint density at radius 1 is 0.891 bits per heavy atom. The molecule has 0 bridgehead atoms. The van der Waals surface area contributed by atoms with Crippen molar-refractivity contribution in [2.75, 3.05) is 37.0 Å². The van der Waals surface area contributed by atoms with Crippen LogP contribution in [-0.4, -0.2) is 49.6 Å². The maximum atomic E-state index is 13.3. The van der Waals surface area contributed by atoms with Crippen molar-refractivity contribution in [2.45, 2.75) is 44.4 Å². The van der Waals surface area contributed by atoms with Gasteiger partial charge in [-0.15, -0.1) is 0 Å². The second-order valence-electron chi connectivity index (χ2n) is 11.5. The fraction of sp³-hybridized carbons (Fsp3) is 0.297. The second-order valence-corrected chi connectivity index (χ2v) is 11.5. The molecule has 4 aromatic carbocycles. The summed E-state index contributed by atoms with van der Waals surface area (Å²) < 4.78 is 44.7. The van der Waals surface area contributed by atoms with Gasteiger partial charge in [0, 0.05) is 43.1 Å². The van der Waals surface area contributed by atoms with E-state index in [1.807, 2.05) is 61.5 Å². The fourth-order valence-corrected chi connectivity index (χ4v) is 5.90. The average Bonchev–Trinajstić information content (AvgIpc) is 3.08. The van der Waals surface area contributed by atoms with Gasteiger partial charge in [0.1, 0.15) is 6.04 Å². The zero-order valence-electron chi connectivity index (χ0n) is 26.0. The minimum Gasteiger partial charge on any atom is -0.464 e. The van der Waals surface area contributed by atoms with Crippen molar-refractivity contribution in [3.63, 3.8) is 0 Å². The van der Waals surface area contributed by atoms with E-state index in [0.29, 0.717) is 29.0 Å². The van der Waals surface area contributed by atoms with Gasteiger partial charge >= 0.3 is 12.1 Å². The van der Waals surface area contributed by atoms with Gasteiger partial charge in [-0.05, 0) is 78.4 Å². The van der Waals surface area contributed by atoms with E-state index in [4.69, 9.17) is 4.74 Å². The average molecular weight is 630 g/mol. The molecule has 0 aliphatic carbocycles. The van der Waals surface area contributed by atoms with Crippen LogP contribution < -0.4 is 10.2 Å². The van der Waals surface area contributed by atoms with E-state index in [1.165, 1.54) is 12.1 Å². The molecule has 240 valence electrons. The normalized spacial score (nSPS) is 14.8. The van der Waals surface area contributed by atoms with Gasteiger partial charge in [-0.1, -0.05) is 67.6 Å². The zero-order valence-corrected chi connectivity index (χ0v) is 26.0. The van der Waals surface area contributed by atoms with E-state index in [1.54, 1.807) is 24.3 Å². The first-order chi connectivity index (χ1) is 22.2. The van der Waals surface area contributed by atoms with Gasteiger partial charge in [-0.25, -0.2) is 4.79 Å². The molecule has 1 heterocycles. The van der Waals surface area contributed by atoms with Gasteiger partial charge < -0.3 is 15.0 Å². The Morgan fingerprint density at radius 3 is 2.15 bits per heavy atom. The maximum Gasteiger partial charge on any atom is 0.416 e. The number of carbonyl (C=O) groups excluding carboxylic acids is 2. The summed E-state index contributed by atoms with van der Waals surface area (Å²) in [6.07, 6.45) is -1.90. The van der Waals surface area contributed by atoms with Crippen LogP contribution in [0.4, 0.5) is 24.5 Å². The summed E-state index contributed by atoms with van der Waals surface area (Å²) in [5.74, 6) is -0.561. The van der Waals surface area contributed by atoms with E-state index in [0.717, 1.165) is 55.7 Å². The molecular weight excluding hydrogens is 591 g/mol. The summed E-state index contributed by atoms with van der Waals surface area (Å²) in [6, 6.07) is 28.9. The minimum absolute atomic E-state index is 0.209. The smallest absolute Gasteiger partial charge is 0.416 e. The van der Waals surface area contributed by atoms with E-state index in [2.05, 4.69) is 22.2 Å². The van der Waals surface area contributed by atoms with Crippen molar-refractivity contribution >= 4 is 23.3 Å². The summed E-state index contributed by atoms with van der Waals surface area (Å²) in [7, 11) is 2.05. The van der Waals surface area contributed by atoms with Crippen LogP contribution in [0.3, 0.4) is 0 Å². The number of rotatable bonds is 10. The number of esters is 1. The summed E-state index contributed by atoms with van der Waals surface area (Å²) >= 11 is 0. The Kier molecular flexibility index (Phi) is 10.4. The summed E-state index contributed by atoms with van der Waals surface area (Å²) in [5.41, 5.74) is 3.24. The van der Waals surface area contributed by atoms with E-state index in [9.17, 15) is 22.8 Å². The number of carbonyl (C=O) groups is 2. The third-order valence-electron chi connectivity index (χ3n) is 8.43. The van der Waals surface area contributed by atoms with Crippen molar-refractivity contribution in [3.8, 4) is 11.1 Å². The Hall–Kier alpha value is -4.63. The van der Waals surface area contributed by atoms with Crippen LogP contribution in [0.5, 0.6) is 0 Å². The number of ether oxygens (including phenoxy) is 1. The van der Waals surface area contributed by atoms with Gasteiger partial charge in [-0.2, -0.15) is 13.2 Å². The molecule has 9 heteroatoms. The van der Waals surface area contributed by atoms with Crippen molar-refractivity contribution in [2.24, 2.45) is 0 Å². The fourth-order valence-electron chi connectivity index (χ4n) is 5.90. The number of likely N-dealkylation sites (tertiary alicyclic amines) is 1. The highest BCUT2D eigenvalue weighted by molar-refractivity contribution is 6.08. The number of amides is 1.